The predicted octanol–water partition coefficient (Wildman–Crippen LogP) is 3.26. The third kappa shape index (κ3) is 5.95. The highest BCUT2D eigenvalue weighted by Crippen LogP contribution is 2.19. The summed E-state index contributed by atoms with van der Waals surface area (Å²) in [5.41, 5.74) is 3.40. The zero-order valence-corrected chi connectivity index (χ0v) is 18.7. The van der Waals surface area contributed by atoms with Crippen LogP contribution < -0.4 is 15.4 Å². The van der Waals surface area contributed by atoms with Gasteiger partial charge in [-0.1, -0.05) is 24.3 Å². The summed E-state index contributed by atoms with van der Waals surface area (Å²) in [6.07, 6.45) is 0. The molecule has 0 atom stereocenters. The van der Waals surface area contributed by atoms with Gasteiger partial charge in [-0.15, -0.1) is 0 Å². The maximum atomic E-state index is 12.6. The van der Waals surface area contributed by atoms with Crippen LogP contribution in [0.3, 0.4) is 0 Å². The van der Waals surface area contributed by atoms with Crippen LogP contribution in [0.15, 0.2) is 77.7 Å². The maximum absolute atomic E-state index is 12.6. The molecule has 0 heterocycles. The number of carbonyl (C=O) groups is 2. The molecule has 2 amide bonds. The number of nitrogens with one attached hydrogen (secondary N) is 3. The van der Waals surface area contributed by atoms with Crippen molar-refractivity contribution in [2.45, 2.75) is 18.7 Å². The molecule has 3 aromatic rings. The van der Waals surface area contributed by atoms with E-state index in [4.69, 9.17) is 0 Å². The van der Waals surface area contributed by atoms with E-state index in [1.54, 1.807) is 36.4 Å². The molecular formula is C24H25N3O4S. The molecule has 0 aromatic heterocycles. The van der Waals surface area contributed by atoms with Gasteiger partial charge in [0.05, 0.1) is 4.90 Å². The van der Waals surface area contributed by atoms with E-state index in [0.717, 1.165) is 11.1 Å². The third-order valence-electron chi connectivity index (χ3n) is 4.92. The Morgan fingerprint density at radius 2 is 1.28 bits per heavy atom. The molecule has 0 fully saturated rings. The standard InChI is InChI=1S/C24H25N3O4S/c1-17-8-11-21(16-18(17)2)27-32(30,31)22-12-9-20(10-13-22)24(29)26-15-14-25-23(28)19-6-4-3-5-7-19/h3-13,16,27H,14-15H2,1-2H3,(H,25,28)(H,26,29). The van der Waals surface area contributed by atoms with Crippen molar-refractivity contribution < 1.29 is 18.0 Å². The summed E-state index contributed by atoms with van der Waals surface area (Å²) in [6, 6.07) is 19.8. The highest BCUT2D eigenvalue weighted by molar-refractivity contribution is 7.92. The molecule has 3 N–H and O–H groups in total. The lowest BCUT2D eigenvalue weighted by Gasteiger charge is -2.11. The summed E-state index contributed by atoms with van der Waals surface area (Å²) in [6.45, 7) is 4.37. The number of sulfonamides is 1. The van der Waals surface area contributed by atoms with E-state index in [2.05, 4.69) is 15.4 Å². The Kier molecular flexibility index (Phi) is 7.27. The second kappa shape index (κ2) is 10.1. The van der Waals surface area contributed by atoms with Gasteiger partial charge in [0.2, 0.25) is 0 Å². The van der Waals surface area contributed by atoms with Crippen LogP contribution in [0.1, 0.15) is 31.8 Å². The van der Waals surface area contributed by atoms with Gasteiger partial charge in [-0.2, -0.15) is 0 Å². The van der Waals surface area contributed by atoms with E-state index in [1.165, 1.54) is 24.3 Å². The third-order valence-corrected chi connectivity index (χ3v) is 6.32. The van der Waals surface area contributed by atoms with Crippen LogP contribution in [0.5, 0.6) is 0 Å². The molecule has 0 spiro atoms. The van der Waals surface area contributed by atoms with Crippen LogP contribution in [0, 0.1) is 13.8 Å². The van der Waals surface area contributed by atoms with E-state index < -0.39 is 10.0 Å². The molecule has 0 radical (unpaired) electrons. The number of anilines is 1. The van der Waals surface area contributed by atoms with Gasteiger partial charge in [0.1, 0.15) is 0 Å². The van der Waals surface area contributed by atoms with Crippen LogP contribution in [-0.2, 0) is 10.0 Å². The van der Waals surface area contributed by atoms with Gasteiger partial charge >= 0.3 is 0 Å². The first-order valence-electron chi connectivity index (χ1n) is 10.1. The lowest BCUT2D eigenvalue weighted by Crippen LogP contribution is -2.34. The molecule has 166 valence electrons. The van der Waals surface area contributed by atoms with Crippen molar-refractivity contribution in [2.24, 2.45) is 0 Å². The summed E-state index contributed by atoms with van der Waals surface area (Å²) in [7, 11) is -3.77. The van der Waals surface area contributed by atoms with Gasteiger partial charge in [-0.3, -0.25) is 14.3 Å². The monoisotopic (exact) mass is 451 g/mol. The molecule has 0 unspecified atom stereocenters. The SMILES string of the molecule is Cc1ccc(NS(=O)(=O)c2ccc(C(=O)NCCNC(=O)c3ccccc3)cc2)cc1C. The summed E-state index contributed by atoms with van der Waals surface area (Å²) in [5, 5.41) is 5.42. The van der Waals surface area contributed by atoms with Crippen molar-refractivity contribution in [1.29, 1.82) is 0 Å². The van der Waals surface area contributed by atoms with Crippen molar-refractivity contribution in [3.8, 4) is 0 Å². The predicted molar refractivity (Wildman–Crippen MR) is 124 cm³/mol. The Labute approximate surface area is 187 Å². The van der Waals surface area contributed by atoms with Crippen molar-refractivity contribution in [2.75, 3.05) is 17.8 Å². The maximum Gasteiger partial charge on any atom is 0.261 e. The zero-order chi connectivity index (χ0) is 23.1. The number of hydrogen-bond donors (Lipinski definition) is 3. The fraction of sp³-hybridized carbons (Fsp3) is 0.167. The molecular weight excluding hydrogens is 426 g/mol. The van der Waals surface area contributed by atoms with Crippen molar-refractivity contribution in [3.63, 3.8) is 0 Å². The number of rotatable bonds is 8. The highest BCUT2D eigenvalue weighted by atomic mass is 32.2. The second-order valence-corrected chi connectivity index (χ2v) is 8.99. The van der Waals surface area contributed by atoms with Crippen molar-refractivity contribution >= 4 is 27.5 Å². The lowest BCUT2D eigenvalue weighted by atomic mass is 10.1. The summed E-state index contributed by atoms with van der Waals surface area (Å²) in [5.74, 6) is -0.573. The molecule has 0 aliphatic rings. The quantitative estimate of drug-likeness (QED) is 0.457. The minimum Gasteiger partial charge on any atom is -0.350 e. The summed E-state index contributed by atoms with van der Waals surface area (Å²) < 4.78 is 27.8. The first-order valence-corrected chi connectivity index (χ1v) is 11.6. The smallest absolute Gasteiger partial charge is 0.261 e. The van der Waals surface area contributed by atoms with Crippen molar-refractivity contribution in [1.82, 2.24) is 10.6 Å². The molecule has 0 aliphatic heterocycles. The van der Waals surface area contributed by atoms with E-state index in [9.17, 15) is 18.0 Å². The van der Waals surface area contributed by atoms with Crippen LogP contribution in [0.4, 0.5) is 5.69 Å². The Morgan fingerprint density at radius 1 is 0.719 bits per heavy atom. The van der Waals surface area contributed by atoms with E-state index in [-0.39, 0.29) is 29.8 Å². The van der Waals surface area contributed by atoms with Gasteiger partial charge in [0.15, 0.2) is 0 Å². The molecule has 32 heavy (non-hydrogen) atoms. The molecule has 0 aliphatic carbocycles. The number of aryl methyl sites for hydroxylation is 2. The molecule has 0 saturated carbocycles. The Bertz CT molecular complexity index is 1210. The minimum atomic E-state index is -3.77. The summed E-state index contributed by atoms with van der Waals surface area (Å²) in [4.78, 5) is 24.3. The number of amides is 2. The minimum absolute atomic E-state index is 0.0578. The zero-order valence-electron chi connectivity index (χ0n) is 17.9. The topological polar surface area (TPSA) is 104 Å². The van der Waals surface area contributed by atoms with E-state index >= 15 is 0 Å². The number of hydrogen-bond acceptors (Lipinski definition) is 4. The van der Waals surface area contributed by atoms with E-state index in [1.807, 2.05) is 26.0 Å². The molecule has 0 bridgehead atoms. The largest absolute Gasteiger partial charge is 0.350 e. The fourth-order valence-corrected chi connectivity index (χ4v) is 4.00. The van der Waals surface area contributed by atoms with E-state index in [0.29, 0.717) is 16.8 Å². The normalized spacial score (nSPS) is 10.9. The van der Waals surface area contributed by atoms with Crippen molar-refractivity contribution in [3.05, 3.63) is 95.1 Å². The summed E-state index contributed by atoms with van der Waals surface area (Å²) >= 11 is 0. The molecule has 8 heteroatoms. The lowest BCUT2D eigenvalue weighted by molar-refractivity contribution is 0.0927. The van der Waals surface area contributed by atoms with Gasteiger partial charge in [-0.05, 0) is 73.5 Å². The first-order chi connectivity index (χ1) is 15.3. The second-order valence-electron chi connectivity index (χ2n) is 7.31. The average molecular weight is 452 g/mol. The molecule has 3 aromatic carbocycles. The Hall–Kier alpha value is -3.65. The van der Waals surface area contributed by atoms with Gasteiger partial charge in [0, 0.05) is 29.9 Å². The molecule has 0 saturated heterocycles. The highest BCUT2D eigenvalue weighted by Gasteiger charge is 2.15. The van der Waals surface area contributed by atoms with Gasteiger partial charge in [-0.25, -0.2) is 8.42 Å². The first kappa shape index (κ1) is 23.0. The van der Waals surface area contributed by atoms with Crippen LogP contribution in [0.2, 0.25) is 0 Å². The average Bonchev–Trinajstić information content (AvgIpc) is 2.79. The molecule has 7 nitrogen and oxygen atoms in total. The fourth-order valence-electron chi connectivity index (χ4n) is 2.95. The Morgan fingerprint density at radius 3 is 1.84 bits per heavy atom. The number of benzene rings is 3. The van der Waals surface area contributed by atoms with Crippen LogP contribution in [0.25, 0.3) is 0 Å². The van der Waals surface area contributed by atoms with Crippen LogP contribution in [-0.4, -0.2) is 33.3 Å². The number of carbonyl (C=O) groups excluding carboxylic acids is 2. The Balaban J connectivity index is 1.53. The van der Waals surface area contributed by atoms with Crippen LogP contribution >= 0.6 is 0 Å². The van der Waals surface area contributed by atoms with Gasteiger partial charge in [0.25, 0.3) is 21.8 Å². The van der Waals surface area contributed by atoms with Gasteiger partial charge < -0.3 is 10.6 Å². The molecule has 3 rings (SSSR count).